The van der Waals surface area contributed by atoms with Crippen LogP contribution in [0.2, 0.25) is 0 Å². The highest BCUT2D eigenvalue weighted by atomic mass is 79.9. The molecule has 0 radical (unpaired) electrons. The van der Waals surface area contributed by atoms with Gasteiger partial charge in [-0.1, -0.05) is 6.07 Å². The van der Waals surface area contributed by atoms with E-state index in [0.717, 1.165) is 18.4 Å². The molecule has 4 nitrogen and oxygen atoms in total. The number of nitrogens with zero attached hydrogens (tertiary/aromatic N) is 3. The Hall–Kier alpha value is -1.75. The minimum atomic E-state index is 0.0550. The Labute approximate surface area is 126 Å². The topological polar surface area (TPSA) is 46.1 Å². The van der Waals surface area contributed by atoms with Crippen LogP contribution in [0.5, 0.6) is 0 Å². The molecule has 0 saturated heterocycles. The lowest BCUT2D eigenvalue weighted by molar-refractivity contribution is 0.0729. The minimum absolute atomic E-state index is 0.0550. The Morgan fingerprint density at radius 1 is 1.35 bits per heavy atom. The summed E-state index contributed by atoms with van der Waals surface area (Å²) in [5.41, 5.74) is 1.73. The van der Waals surface area contributed by atoms with Gasteiger partial charge in [-0.05, 0) is 52.5 Å². The summed E-state index contributed by atoms with van der Waals surface area (Å²) in [5.74, 6) is 0.0550. The third kappa shape index (κ3) is 3.04. The van der Waals surface area contributed by atoms with Gasteiger partial charge in [0, 0.05) is 36.7 Å². The van der Waals surface area contributed by atoms with Crippen LogP contribution < -0.4 is 0 Å². The lowest BCUT2D eigenvalue weighted by Crippen LogP contribution is -2.32. The quantitative estimate of drug-likeness (QED) is 0.809. The summed E-state index contributed by atoms with van der Waals surface area (Å²) in [5, 5.41) is 0. The number of amides is 1. The molecule has 0 aliphatic heterocycles. The molecule has 0 atom stereocenters. The van der Waals surface area contributed by atoms with Gasteiger partial charge in [-0.2, -0.15) is 0 Å². The summed E-state index contributed by atoms with van der Waals surface area (Å²) in [6, 6.07) is 7.77. The van der Waals surface area contributed by atoms with Crippen LogP contribution in [0.15, 0.2) is 47.5 Å². The van der Waals surface area contributed by atoms with E-state index in [1.165, 1.54) is 0 Å². The van der Waals surface area contributed by atoms with Crippen LogP contribution in [-0.2, 0) is 6.54 Å². The van der Waals surface area contributed by atoms with Crippen LogP contribution in [-0.4, -0.2) is 26.8 Å². The standard InChI is InChI=1S/C15H14BrN3O/c16-14-8-12(5-7-18-14)15(20)19(13-3-4-13)10-11-2-1-6-17-9-11/h1-2,5-9,13H,3-4,10H2. The Bertz CT molecular complexity index is 614. The van der Waals surface area contributed by atoms with Crippen molar-refractivity contribution in [3.63, 3.8) is 0 Å². The lowest BCUT2D eigenvalue weighted by atomic mass is 10.2. The molecule has 1 aliphatic rings. The summed E-state index contributed by atoms with van der Waals surface area (Å²) in [4.78, 5) is 22.7. The first-order valence-electron chi connectivity index (χ1n) is 6.55. The zero-order chi connectivity index (χ0) is 13.9. The number of aromatic nitrogens is 2. The van der Waals surface area contributed by atoms with Gasteiger partial charge >= 0.3 is 0 Å². The first kappa shape index (κ1) is 13.2. The van der Waals surface area contributed by atoms with Crippen LogP contribution in [0.4, 0.5) is 0 Å². The van der Waals surface area contributed by atoms with Crippen molar-refractivity contribution < 1.29 is 4.79 Å². The second-order valence-electron chi connectivity index (χ2n) is 4.89. The summed E-state index contributed by atoms with van der Waals surface area (Å²) in [7, 11) is 0. The van der Waals surface area contributed by atoms with Crippen molar-refractivity contribution >= 4 is 21.8 Å². The van der Waals surface area contributed by atoms with Crippen molar-refractivity contribution in [1.82, 2.24) is 14.9 Å². The SMILES string of the molecule is O=C(c1ccnc(Br)c1)N(Cc1cccnc1)C1CC1. The van der Waals surface area contributed by atoms with Crippen LogP contribution in [0.3, 0.4) is 0 Å². The average Bonchev–Trinajstić information content (AvgIpc) is 3.30. The highest BCUT2D eigenvalue weighted by Gasteiger charge is 2.33. The van der Waals surface area contributed by atoms with Gasteiger partial charge in [0.25, 0.3) is 5.91 Å². The summed E-state index contributed by atoms with van der Waals surface area (Å²) in [6.45, 7) is 0.608. The van der Waals surface area contributed by atoms with Gasteiger partial charge in [0.05, 0.1) is 0 Å². The highest BCUT2D eigenvalue weighted by molar-refractivity contribution is 9.10. The zero-order valence-electron chi connectivity index (χ0n) is 10.9. The van der Waals surface area contributed by atoms with E-state index in [0.29, 0.717) is 22.8 Å². The van der Waals surface area contributed by atoms with Gasteiger partial charge in [0.15, 0.2) is 0 Å². The molecule has 5 heteroatoms. The third-order valence-electron chi connectivity index (χ3n) is 3.30. The summed E-state index contributed by atoms with van der Waals surface area (Å²) in [6.07, 6.45) is 7.36. The van der Waals surface area contributed by atoms with E-state index in [2.05, 4.69) is 25.9 Å². The molecule has 1 aliphatic carbocycles. The number of hydrogen-bond donors (Lipinski definition) is 0. The predicted molar refractivity (Wildman–Crippen MR) is 79.1 cm³/mol. The number of carbonyl (C=O) groups excluding carboxylic acids is 1. The molecule has 1 saturated carbocycles. The molecule has 0 aromatic carbocycles. The maximum Gasteiger partial charge on any atom is 0.254 e. The van der Waals surface area contributed by atoms with Gasteiger partial charge in [0.1, 0.15) is 4.60 Å². The van der Waals surface area contributed by atoms with Crippen molar-refractivity contribution in [3.05, 3.63) is 58.6 Å². The second-order valence-corrected chi connectivity index (χ2v) is 5.71. The molecular weight excluding hydrogens is 318 g/mol. The van der Waals surface area contributed by atoms with Crippen LogP contribution in [0.1, 0.15) is 28.8 Å². The van der Waals surface area contributed by atoms with Crippen LogP contribution >= 0.6 is 15.9 Å². The molecule has 2 aromatic rings. The number of pyridine rings is 2. The maximum atomic E-state index is 12.6. The first-order chi connectivity index (χ1) is 9.74. The third-order valence-corrected chi connectivity index (χ3v) is 3.73. The molecule has 20 heavy (non-hydrogen) atoms. The van der Waals surface area contributed by atoms with Crippen molar-refractivity contribution in [2.45, 2.75) is 25.4 Å². The zero-order valence-corrected chi connectivity index (χ0v) is 12.5. The summed E-state index contributed by atoms with van der Waals surface area (Å²) >= 11 is 3.31. The average molecular weight is 332 g/mol. The smallest absolute Gasteiger partial charge is 0.254 e. The van der Waals surface area contributed by atoms with Gasteiger partial charge in [-0.25, -0.2) is 4.98 Å². The van der Waals surface area contributed by atoms with E-state index >= 15 is 0 Å². The normalized spacial score (nSPS) is 14.1. The largest absolute Gasteiger partial charge is 0.331 e. The lowest BCUT2D eigenvalue weighted by Gasteiger charge is -2.22. The van der Waals surface area contributed by atoms with Gasteiger partial charge in [0.2, 0.25) is 0 Å². The first-order valence-corrected chi connectivity index (χ1v) is 7.35. The van der Waals surface area contributed by atoms with Crippen molar-refractivity contribution in [2.75, 3.05) is 0 Å². The molecule has 3 rings (SSSR count). The Kier molecular flexibility index (Phi) is 3.78. The van der Waals surface area contributed by atoms with Gasteiger partial charge in [-0.3, -0.25) is 9.78 Å². The molecule has 1 amide bonds. The van der Waals surface area contributed by atoms with E-state index in [9.17, 15) is 4.79 Å². The van der Waals surface area contributed by atoms with Crippen molar-refractivity contribution in [2.24, 2.45) is 0 Å². The van der Waals surface area contributed by atoms with Gasteiger partial charge < -0.3 is 4.90 Å². The number of carbonyl (C=O) groups is 1. The molecular formula is C15H14BrN3O. The fraction of sp³-hybridized carbons (Fsp3) is 0.267. The fourth-order valence-electron chi connectivity index (χ4n) is 2.14. The van der Waals surface area contributed by atoms with E-state index in [4.69, 9.17) is 0 Å². The maximum absolute atomic E-state index is 12.6. The monoisotopic (exact) mass is 331 g/mol. The van der Waals surface area contributed by atoms with E-state index < -0.39 is 0 Å². The Morgan fingerprint density at radius 2 is 2.20 bits per heavy atom. The van der Waals surface area contributed by atoms with Gasteiger partial charge in [-0.15, -0.1) is 0 Å². The van der Waals surface area contributed by atoms with Crippen molar-refractivity contribution in [1.29, 1.82) is 0 Å². The van der Waals surface area contributed by atoms with Crippen LogP contribution in [0.25, 0.3) is 0 Å². The number of rotatable bonds is 4. The Morgan fingerprint density at radius 3 is 2.85 bits per heavy atom. The molecule has 0 unspecified atom stereocenters. The molecule has 0 N–H and O–H groups in total. The molecule has 1 fully saturated rings. The molecule has 102 valence electrons. The minimum Gasteiger partial charge on any atom is -0.331 e. The molecule has 2 heterocycles. The predicted octanol–water partition coefficient (Wildman–Crippen LogP) is 3.04. The second kappa shape index (κ2) is 5.71. The Balaban J connectivity index is 1.82. The fourth-order valence-corrected chi connectivity index (χ4v) is 2.51. The molecule has 2 aromatic heterocycles. The highest BCUT2D eigenvalue weighted by Crippen LogP contribution is 2.30. The van der Waals surface area contributed by atoms with E-state index in [-0.39, 0.29) is 5.91 Å². The summed E-state index contributed by atoms with van der Waals surface area (Å²) < 4.78 is 0.681. The van der Waals surface area contributed by atoms with E-state index in [1.807, 2.05) is 23.2 Å². The van der Waals surface area contributed by atoms with Crippen molar-refractivity contribution in [3.8, 4) is 0 Å². The van der Waals surface area contributed by atoms with E-state index in [1.54, 1.807) is 24.5 Å². The number of halogens is 1. The number of hydrogen-bond acceptors (Lipinski definition) is 3. The molecule has 0 bridgehead atoms. The van der Waals surface area contributed by atoms with Crippen LogP contribution in [0, 0.1) is 0 Å². The molecule has 0 spiro atoms.